The third kappa shape index (κ3) is 3.01. The number of aliphatic hydroxyl groups is 1. The number of halogens is 8. The molecule has 2 nitrogen and oxygen atoms in total. The van der Waals surface area contributed by atoms with Gasteiger partial charge in [-0.1, -0.05) is 0 Å². The van der Waals surface area contributed by atoms with Crippen molar-refractivity contribution < 1.29 is 40.2 Å². The second-order valence-corrected chi connectivity index (χ2v) is 3.88. The fourth-order valence-electron chi connectivity index (χ4n) is 1.41. The number of hydrogen-bond acceptors (Lipinski definition) is 2. The zero-order valence-electron chi connectivity index (χ0n) is 9.41. The van der Waals surface area contributed by atoms with Crippen LogP contribution in [0.15, 0.2) is 0 Å². The lowest BCUT2D eigenvalue weighted by Gasteiger charge is -2.20. The summed E-state index contributed by atoms with van der Waals surface area (Å²) in [7, 11) is 0. The van der Waals surface area contributed by atoms with Crippen molar-refractivity contribution in [1.29, 1.82) is 0 Å². The van der Waals surface area contributed by atoms with E-state index in [1.807, 2.05) is 0 Å². The van der Waals surface area contributed by atoms with Gasteiger partial charge in [0.25, 0.3) is 0 Å². The van der Waals surface area contributed by atoms with Crippen molar-refractivity contribution in [3.05, 3.63) is 34.6 Å². The van der Waals surface area contributed by atoms with Crippen LogP contribution in [0.25, 0.3) is 0 Å². The summed E-state index contributed by atoms with van der Waals surface area (Å²) in [5, 5.41) is 9.24. The van der Waals surface area contributed by atoms with Gasteiger partial charge in [0.1, 0.15) is 6.04 Å². The highest BCUT2D eigenvalue weighted by Crippen LogP contribution is 2.32. The molecule has 0 aliphatic rings. The molecule has 0 aliphatic carbocycles. The molecule has 1 rings (SSSR count). The predicted octanol–water partition coefficient (Wildman–Crippen LogP) is 2.70. The molecular formula is C10H7F8NO. The Morgan fingerprint density at radius 1 is 0.850 bits per heavy atom. The highest BCUT2D eigenvalue weighted by Gasteiger charge is 2.40. The van der Waals surface area contributed by atoms with E-state index in [-0.39, 0.29) is 0 Å². The smallest absolute Gasteiger partial charge is 0.388 e. The predicted molar refractivity (Wildman–Crippen MR) is 49.8 cm³/mol. The summed E-state index contributed by atoms with van der Waals surface area (Å²) >= 11 is 0. The van der Waals surface area contributed by atoms with Crippen LogP contribution in [0.4, 0.5) is 35.1 Å². The molecule has 0 amide bonds. The Morgan fingerprint density at radius 2 is 1.20 bits per heavy atom. The van der Waals surface area contributed by atoms with Crippen molar-refractivity contribution in [3.8, 4) is 0 Å². The summed E-state index contributed by atoms with van der Waals surface area (Å²) in [5.74, 6) is -12.0. The van der Waals surface area contributed by atoms with Gasteiger partial charge in [-0.3, -0.25) is 0 Å². The molecule has 2 atom stereocenters. The van der Waals surface area contributed by atoms with Gasteiger partial charge in [0, 0.05) is 6.42 Å². The molecule has 0 unspecified atom stereocenters. The Labute approximate surface area is 106 Å². The summed E-state index contributed by atoms with van der Waals surface area (Å²) < 4.78 is 101. The Balaban J connectivity index is 3.21. The molecule has 10 heteroatoms. The molecule has 0 saturated carbocycles. The van der Waals surface area contributed by atoms with E-state index in [4.69, 9.17) is 0 Å². The molecule has 0 bridgehead atoms. The van der Waals surface area contributed by atoms with E-state index in [0.29, 0.717) is 0 Å². The Kier molecular flexibility index (Phi) is 4.59. The van der Waals surface area contributed by atoms with E-state index in [0.717, 1.165) is 0 Å². The van der Waals surface area contributed by atoms with Crippen molar-refractivity contribution in [3.63, 3.8) is 0 Å². The monoisotopic (exact) mass is 309 g/mol. The van der Waals surface area contributed by atoms with Crippen LogP contribution < -0.4 is 5.73 Å². The number of alkyl halides is 3. The Hall–Kier alpha value is -1.42. The fourth-order valence-corrected chi connectivity index (χ4v) is 1.41. The van der Waals surface area contributed by atoms with E-state index >= 15 is 0 Å². The average molecular weight is 309 g/mol. The van der Waals surface area contributed by atoms with Gasteiger partial charge in [0.05, 0.1) is 11.7 Å². The van der Waals surface area contributed by atoms with Crippen molar-refractivity contribution in [1.82, 2.24) is 0 Å². The van der Waals surface area contributed by atoms with Crippen LogP contribution in [0.3, 0.4) is 0 Å². The zero-order chi connectivity index (χ0) is 15.8. The van der Waals surface area contributed by atoms with Crippen LogP contribution in [0, 0.1) is 29.1 Å². The van der Waals surface area contributed by atoms with Gasteiger partial charge >= 0.3 is 6.18 Å². The van der Waals surface area contributed by atoms with Gasteiger partial charge in [0.15, 0.2) is 23.3 Å². The van der Waals surface area contributed by atoms with Gasteiger partial charge in [-0.05, 0) is 0 Å². The maximum atomic E-state index is 13.2. The van der Waals surface area contributed by atoms with Crippen LogP contribution in [0.1, 0.15) is 18.1 Å². The first-order valence-corrected chi connectivity index (χ1v) is 5.00. The molecule has 1 aromatic carbocycles. The van der Waals surface area contributed by atoms with Crippen LogP contribution in [0.2, 0.25) is 0 Å². The Bertz CT molecular complexity index is 486. The van der Waals surface area contributed by atoms with Gasteiger partial charge in [-0.15, -0.1) is 0 Å². The second kappa shape index (κ2) is 5.52. The minimum atomic E-state index is -4.99. The normalized spacial score (nSPS) is 15.3. The summed E-state index contributed by atoms with van der Waals surface area (Å²) in [6.45, 7) is 0. The third-order valence-corrected chi connectivity index (χ3v) is 2.47. The lowest BCUT2D eigenvalue weighted by atomic mass is 10.0. The van der Waals surface area contributed by atoms with Crippen molar-refractivity contribution in [2.45, 2.75) is 24.7 Å². The standard InChI is InChI=1S/C10H7F8NO/c11-5-4(2(20)1-3(19)10(16,17)18)6(12)8(14)9(15)7(5)13/h2-3,20H,1,19H2/t2-,3-/m0/s1. The Morgan fingerprint density at radius 3 is 1.55 bits per heavy atom. The lowest BCUT2D eigenvalue weighted by molar-refractivity contribution is -0.154. The van der Waals surface area contributed by atoms with E-state index in [1.54, 1.807) is 0 Å². The highest BCUT2D eigenvalue weighted by molar-refractivity contribution is 5.26. The molecule has 0 aliphatic heterocycles. The van der Waals surface area contributed by atoms with E-state index in [2.05, 4.69) is 5.73 Å². The van der Waals surface area contributed by atoms with Gasteiger partial charge in [0.2, 0.25) is 5.82 Å². The molecular weight excluding hydrogens is 302 g/mol. The average Bonchev–Trinajstić information content (AvgIpc) is 2.33. The summed E-state index contributed by atoms with van der Waals surface area (Å²) in [6.07, 6.45) is -9.05. The number of benzene rings is 1. The second-order valence-electron chi connectivity index (χ2n) is 3.88. The van der Waals surface area contributed by atoms with Gasteiger partial charge in [-0.25, -0.2) is 22.0 Å². The molecule has 0 aromatic heterocycles. The molecule has 20 heavy (non-hydrogen) atoms. The fraction of sp³-hybridized carbons (Fsp3) is 0.400. The maximum absolute atomic E-state index is 13.2. The summed E-state index contributed by atoms with van der Waals surface area (Å²) in [5.41, 5.74) is 2.85. The molecule has 0 spiro atoms. The highest BCUT2D eigenvalue weighted by atomic mass is 19.4. The molecule has 0 radical (unpaired) electrons. The van der Waals surface area contributed by atoms with Crippen LogP contribution in [-0.4, -0.2) is 17.3 Å². The topological polar surface area (TPSA) is 46.2 Å². The van der Waals surface area contributed by atoms with Crippen molar-refractivity contribution in [2.75, 3.05) is 0 Å². The molecule has 114 valence electrons. The largest absolute Gasteiger partial charge is 0.403 e. The minimum absolute atomic E-state index is 1.46. The third-order valence-electron chi connectivity index (χ3n) is 2.47. The maximum Gasteiger partial charge on any atom is 0.403 e. The van der Waals surface area contributed by atoms with Crippen LogP contribution in [-0.2, 0) is 0 Å². The first-order valence-electron chi connectivity index (χ1n) is 5.00. The minimum Gasteiger partial charge on any atom is -0.388 e. The van der Waals surface area contributed by atoms with Gasteiger partial charge < -0.3 is 10.8 Å². The van der Waals surface area contributed by atoms with Crippen LogP contribution >= 0.6 is 0 Å². The molecule has 0 fully saturated rings. The van der Waals surface area contributed by atoms with Crippen molar-refractivity contribution in [2.24, 2.45) is 5.73 Å². The number of aliphatic hydroxyl groups excluding tert-OH is 1. The van der Waals surface area contributed by atoms with E-state index < -0.39 is 59.4 Å². The number of rotatable bonds is 3. The molecule has 1 aromatic rings. The van der Waals surface area contributed by atoms with Crippen molar-refractivity contribution >= 4 is 0 Å². The summed E-state index contributed by atoms with van der Waals surface area (Å²) in [6, 6.07) is -2.69. The quantitative estimate of drug-likeness (QED) is 0.512. The molecule has 3 N–H and O–H groups in total. The lowest BCUT2D eigenvalue weighted by Crippen LogP contribution is -2.38. The molecule has 0 saturated heterocycles. The zero-order valence-corrected chi connectivity index (χ0v) is 9.41. The number of nitrogens with two attached hydrogens (primary N) is 1. The first kappa shape index (κ1) is 16.6. The van der Waals surface area contributed by atoms with Crippen LogP contribution in [0.5, 0.6) is 0 Å². The summed E-state index contributed by atoms with van der Waals surface area (Å²) in [4.78, 5) is 0. The SMILES string of the molecule is N[C@@H](C[C@H](O)c1c(F)c(F)c(F)c(F)c1F)C(F)(F)F. The number of hydrogen-bond donors (Lipinski definition) is 2. The van der Waals surface area contributed by atoms with E-state index in [9.17, 15) is 40.2 Å². The first-order chi connectivity index (χ1) is 8.98. The van der Waals surface area contributed by atoms with E-state index in [1.165, 1.54) is 0 Å². The van der Waals surface area contributed by atoms with Gasteiger partial charge in [-0.2, -0.15) is 13.2 Å². The molecule has 0 heterocycles.